The van der Waals surface area contributed by atoms with Gasteiger partial charge in [-0.25, -0.2) is 4.79 Å². The molecule has 4 N–H and O–H groups in total. The van der Waals surface area contributed by atoms with Crippen LogP contribution in [-0.2, 0) is 4.79 Å². The molecule has 2 amide bonds. The monoisotopic (exact) mass is 286 g/mol. The summed E-state index contributed by atoms with van der Waals surface area (Å²) >= 11 is 0. The number of carbonyl (C=O) groups excluding carboxylic acids is 1. The molecule has 1 atom stereocenters. The molecule has 0 saturated heterocycles. The van der Waals surface area contributed by atoms with E-state index in [2.05, 4.69) is 10.6 Å². The smallest absolute Gasteiger partial charge is 0.389 e. The van der Waals surface area contributed by atoms with E-state index in [0.29, 0.717) is 0 Å². The Hall–Kier alpha value is -1.51. The fourth-order valence-corrected chi connectivity index (χ4v) is 1.21. The highest BCUT2D eigenvalue weighted by Crippen LogP contribution is 2.20. The molecule has 0 saturated carbocycles. The molecule has 0 aliphatic carbocycles. The van der Waals surface area contributed by atoms with Gasteiger partial charge in [0.1, 0.15) is 0 Å². The minimum atomic E-state index is -4.26. The van der Waals surface area contributed by atoms with Crippen molar-refractivity contribution >= 4 is 12.0 Å². The second kappa shape index (κ2) is 7.17. The van der Waals surface area contributed by atoms with Crippen LogP contribution in [0.15, 0.2) is 0 Å². The fourth-order valence-electron chi connectivity index (χ4n) is 1.21. The zero-order valence-electron chi connectivity index (χ0n) is 10.4. The standard InChI is InChI=1S/C10H17F3N2O4/c1-9(19,5-7(16)17)6-15-8(18)14-4-2-3-10(11,12)13/h19H,2-6H2,1H3,(H,16,17)(H2,14,15,18). The zero-order valence-corrected chi connectivity index (χ0v) is 10.4. The number of aliphatic carboxylic acids is 1. The number of urea groups is 1. The van der Waals surface area contributed by atoms with E-state index < -0.39 is 36.6 Å². The van der Waals surface area contributed by atoms with Gasteiger partial charge < -0.3 is 20.8 Å². The third-order valence-corrected chi connectivity index (χ3v) is 2.08. The summed E-state index contributed by atoms with van der Waals surface area (Å²) in [6.45, 7) is 0.752. The topological polar surface area (TPSA) is 98.7 Å². The Morgan fingerprint density at radius 1 is 1.21 bits per heavy atom. The predicted octanol–water partition coefficient (Wildman–Crippen LogP) is 0.854. The third kappa shape index (κ3) is 11.3. The number of carboxylic acid groups (broad SMARTS) is 1. The predicted molar refractivity (Wildman–Crippen MR) is 59.6 cm³/mol. The highest BCUT2D eigenvalue weighted by atomic mass is 19.4. The summed E-state index contributed by atoms with van der Waals surface area (Å²) in [4.78, 5) is 21.5. The average Bonchev–Trinajstić information content (AvgIpc) is 2.18. The molecule has 19 heavy (non-hydrogen) atoms. The highest BCUT2D eigenvalue weighted by molar-refractivity contribution is 5.74. The fraction of sp³-hybridized carbons (Fsp3) is 0.800. The summed E-state index contributed by atoms with van der Waals surface area (Å²) in [6, 6.07) is -0.757. The summed E-state index contributed by atoms with van der Waals surface area (Å²) in [5.74, 6) is -1.22. The number of hydrogen-bond acceptors (Lipinski definition) is 3. The highest BCUT2D eigenvalue weighted by Gasteiger charge is 2.26. The molecule has 6 nitrogen and oxygen atoms in total. The molecule has 0 aliphatic rings. The summed E-state index contributed by atoms with van der Waals surface area (Å²) < 4.78 is 35.4. The summed E-state index contributed by atoms with van der Waals surface area (Å²) in [7, 11) is 0. The summed E-state index contributed by atoms with van der Waals surface area (Å²) in [6.07, 6.45) is -6.06. The first-order chi connectivity index (χ1) is 8.52. The van der Waals surface area contributed by atoms with Crippen LogP contribution in [0.4, 0.5) is 18.0 Å². The molecule has 0 heterocycles. The Labute approximate surface area is 108 Å². The van der Waals surface area contributed by atoms with Crippen molar-refractivity contribution in [2.75, 3.05) is 13.1 Å². The largest absolute Gasteiger partial charge is 0.481 e. The van der Waals surface area contributed by atoms with Gasteiger partial charge in [0.15, 0.2) is 0 Å². The quantitative estimate of drug-likeness (QED) is 0.521. The van der Waals surface area contributed by atoms with E-state index in [1.54, 1.807) is 0 Å². The molecule has 0 fully saturated rings. The first kappa shape index (κ1) is 17.5. The van der Waals surface area contributed by atoms with Crippen LogP contribution in [0.5, 0.6) is 0 Å². The minimum Gasteiger partial charge on any atom is -0.481 e. The van der Waals surface area contributed by atoms with Crippen LogP contribution in [0.1, 0.15) is 26.2 Å². The van der Waals surface area contributed by atoms with Crippen molar-refractivity contribution in [3.05, 3.63) is 0 Å². The molecule has 0 radical (unpaired) electrons. The number of aliphatic hydroxyl groups is 1. The van der Waals surface area contributed by atoms with E-state index in [1.165, 1.54) is 6.92 Å². The van der Waals surface area contributed by atoms with Gasteiger partial charge >= 0.3 is 18.2 Å². The second-order valence-corrected chi connectivity index (χ2v) is 4.40. The molecule has 0 aromatic carbocycles. The average molecular weight is 286 g/mol. The van der Waals surface area contributed by atoms with E-state index in [9.17, 15) is 27.9 Å². The molecular weight excluding hydrogens is 269 g/mol. The van der Waals surface area contributed by atoms with E-state index in [4.69, 9.17) is 5.11 Å². The van der Waals surface area contributed by atoms with Crippen molar-refractivity contribution in [1.82, 2.24) is 10.6 Å². The van der Waals surface area contributed by atoms with Gasteiger partial charge in [0.05, 0.1) is 12.0 Å². The minimum absolute atomic E-state index is 0.160. The zero-order chi connectivity index (χ0) is 15.1. The Bertz CT molecular complexity index is 318. The van der Waals surface area contributed by atoms with Crippen LogP contribution in [0.25, 0.3) is 0 Å². The first-order valence-corrected chi connectivity index (χ1v) is 5.54. The molecule has 0 aromatic heterocycles. The Morgan fingerprint density at radius 3 is 2.26 bits per heavy atom. The number of halogens is 3. The molecular formula is C10H17F3N2O4. The molecule has 0 rings (SSSR count). The number of amides is 2. The summed E-state index contributed by atoms with van der Waals surface area (Å²) in [5.41, 5.74) is -1.62. The Morgan fingerprint density at radius 2 is 1.79 bits per heavy atom. The number of alkyl halides is 3. The van der Waals surface area contributed by atoms with Crippen molar-refractivity contribution in [2.24, 2.45) is 0 Å². The first-order valence-electron chi connectivity index (χ1n) is 5.54. The van der Waals surface area contributed by atoms with Crippen molar-refractivity contribution in [2.45, 2.75) is 38.0 Å². The molecule has 0 spiro atoms. The number of carboxylic acids is 1. The number of carbonyl (C=O) groups is 2. The second-order valence-electron chi connectivity index (χ2n) is 4.40. The molecule has 112 valence electrons. The van der Waals surface area contributed by atoms with Crippen LogP contribution in [0.2, 0.25) is 0 Å². The van der Waals surface area contributed by atoms with Crippen molar-refractivity contribution in [3.8, 4) is 0 Å². The van der Waals surface area contributed by atoms with Crippen LogP contribution in [0, 0.1) is 0 Å². The molecule has 0 aliphatic heterocycles. The molecule has 9 heteroatoms. The van der Waals surface area contributed by atoms with Crippen molar-refractivity contribution in [1.29, 1.82) is 0 Å². The SMILES string of the molecule is CC(O)(CNC(=O)NCCCC(F)(F)F)CC(=O)O. The molecule has 0 bridgehead atoms. The lowest BCUT2D eigenvalue weighted by molar-refractivity contribution is -0.141. The maximum atomic E-state index is 11.8. The van der Waals surface area contributed by atoms with E-state index in [0.717, 1.165) is 0 Å². The molecule has 0 aromatic rings. The third-order valence-electron chi connectivity index (χ3n) is 2.08. The number of nitrogens with one attached hydrogen (secondary N) is 2. The lowest BCUT2D eigenvalue weighted by Crippen LogP contribution is -2.46. The normalized spacial score (nSPS) is 14.6. The van der Waals surface area contributed by atoms with Crippen LogP contribution < -0.4 is 10.6 Å². The van der Waals surface area contributed by atoms with E-state index >= 15 is 0 Å². The van der Waals surface area contributed by atoms with Gasteiger partial charge in [0, 0.05) is 19.5 Å². The van der Waals surface area contributed by atoms with Crippen molar-refractivity contribution in [3.63, 3.8) is 0 Å². The van der Waals surface area contributed by atoms with Crippen LogP contribution >= 0.6 is 0 Å². The summed E-state index contributed by atoms with van der Waals surface area (Å²) in [5, 5.41) is 22.4. The number of rotatable bonds is 7. The lowest BCUT2D eigenvalue weighted by atomic mass is 10.0. The molecule has 1 unspecified atom stereocenters. The van der Waals surface area contributed by atoms with Gasteiger partial charge in [-0.05, 0) is 13.3 Å². The van der Waals surface area contributed by atoms with Gasteiger partial charge in [0.2, 0.25) is 0 Å². The maximum Gasteiger partial charge on any atom is 0.389 e. The van der Waals surface area contributed by atoms with E-state index in [-0.39, 0.29) is 19.5 Å². The van der Waals surface area contributed by atoms with Crippen LogP contribution in [-0.4, -0.2) is 47.1 Å². The van der Waals surface area contributed by atoms with Gasteiger partial charge in [0.25, 0.3) is 0 Å². The Kier molecular flexibility index (Phi) is 6.60. The van der Waals surface area contributed by atoms with Gasteiger partial charge in [-0.3, -0.25) is 4.79 Å². The lowest BCUT2D eigenvalue weighted by Gasteiger charge is -2.21. The maximum absolute atomic E-state index is 11.8. The van der Waals surface area contributed by atoms with Gasteiger partial charge in [-0.2, -0.15) is 13.2 Å². The van der Waals surface area contributed by atoms with Gasteiger partial charge in [-0.15, -0.1) is 0 Å². The van der Waals surface area contributed by atoms with Crippen molar-refractivity contribution < 1.29 is 33.0 Å². The Balaban J connectivity index is 3.79. The van der Waals surface area contributed by atoms with Gasteiger partial charge in [-0.1, -0.05) is 0 Å². The number of hydrogen-bond donors (Lipinski definition) is 4. The van der Waals surface area contributed by atoms with E-state index in [1.807, 2.05) is 0 Å². The van der Waals surface area contributed by atoms with Crippen LogP contribution in [0.3, 0.4) is 0 Å².